The molecule has 0 saturated carbocycles. The van der Waals surface area contributed by atoms with Crippen LogP contribution < -0.4 is 15.8 Å². The highest BCUT2D eigenvalue weighted by atomic mass is 19.1. The van der Waals surface area contributed by atoms with Crippen molar-refractivity contribution in [2.45, 2.75) is 19.1 Å². The van der Waals surface area contributed by atoms with Crippen LogP contribution in [0.3, 0.4) is 0 Å². The number of nitrogens with one attached hydrogen (secondary N) is 1. The number of aliphatic hydroxyl groups is 1. The van der Waals surface area contributed by atoms with Crippen LogP contribution in [0.15, 0.2) is 36.5 Å². The highest BCUT2D eigenvalue weighted by Crippen LogP contribution is 2.35. The summed E-state index contributed by atoms with van der Waals surface area (Å²) < 4.78 is 22.0. The molecule has 9 nitrogen and oxygen atoms in total. The average Bonchev–Trinajstić information content (AvgIpc) is 3.09. The highest BCUT2D eigenvalue weighted by molar-refractivity contribution is 6.05. The van der Waals surface area contributed by atoms with Gasteiger partial charge in [0.05, 0.1) is 23.4 Å². The standard InChI is InChI=1S/C23H20FN5O4/c1-23(32,17-5-3-4-8-27-17)7-6-13-11-14-16(12-15(13)24)33-10-9-29-19(22(31)26-2)18(20(25)30)28-21(14)29/h3-5,8,11-12,32H,9-10H2,1-2H3,(H2,25,30)(H,26,31)/t23-/m1/s1. The van der Waals surface area contributed by atoms with E-state index in [0.29, 0.717) is 11.3 Å². The van der Waals surface area contributed by atoms with Gasteiger partial charge in [-0.3, -0.25) is 14.6 Å². The van der Waals surface area contributed by atoms with Crippen LogP contribution in [0.4, 0.5) is 4.39 Å². The minimum atomic E-state index is -1.62. The topological polar surface area (TPSA) is 132 Å². The summed E-state index contributed by atoms with van der Waals surface area (Å²) in [6.07, 6.45) is 1.52. The third-order valence-corrected chi connectivity index (χ3v) is 5.13. The van der Waals surface area contributed by atoms with E-state index < -0.39 is 23.2 Å². The number of carbonyl (C=O) groups is 2. The molecule has 10 heteroatoms. The van der Waals surface area contributed by atoms with Crippen LogP contribution in [0.1, 0.15) is 39.2 Å². The van der Waals surface area contributed by atoms with Crippen molar-refractivity contribution in [2.75, 3.05) is 13.7 Å². The predicted molar refractivity (Wildman–Crippen MR) is 116 cm³/mol. The number of benzene rings is 1. The Bertz CT molecular complexity index is 1320. The lowest BCUT2D eigenvalue weighted by Crippen LogP contribution is -2.26. The fourth-order valence-electron chi connectivity index (χ4n) is 3.49. The number of halogens is 1. The molecule has 0 bridgehead atoms. The molecule has 1 aromatic carbocycles. The zero-order chi connectivity index (χ0) is 23.8. The van der Waals surface area contributed by atoms with E-state index in [0.717, 1.165) is 6.07 Å². The molecule has 2 amide bonds. The molecular weight excluding hydrogens is 429 g/mol. The van der Waals surface area contributed by atoms with E-state index in [2.05, 4.69) is 27.1 Å². The van der Waals surface area contributed by atoms with Crippen LogP contribution in [0.25, 0.3) is 11.4 Å². The first-order valence-corrected chi connectivity index (χ1v) is 9.99. The molecule has 0 radical (unpaired) electrons. The van der Waals surface area contributed by atoms with E-state index >= 15 is 0 Å². The molecule has 33 heavy (non-hydrogen) atoms. The number of nitrogens with zero attached hydrogens (tertiary/aromatic N) is 3. The first-order valence-electron chi connectivity index (χ1n) is 9.99. The Labute approximate surface area is 188 Å². The second kappa shape index (κ2) is 8.37. The molecule has 1 aliphatic rings. The number of pyridine rings is 1. The van der Waals surface area contributed by atoms with E-state index in [1.165, 1.54) is 30.8 Å². The summed E-state index contributed by atoms with van der Waals surface area (Å²) >= 11 is 0. The number of hydrogen-bond donors (Lipinski definition) is 3. The van der Waals surface area contributed by atoms with Gasteiger partial charge in [-0.25, -0.2) is 9.37 Å². The SMILES string of the molecule is CNC(=O)c1c(C(N)=O)nc2n1CCOc1cc(F)c(C#C[C@@](C)(O)c3ccccn3)cc1-2. The summed E-state index contributed by atoms with van der Waals surface area (Å²) in [6, 6.07) is 7.57. The number of primary amides is 1. The molecule has 0 spiro atoms. The number of nitrogens with two attached hydrogens (primary N) is 1. The smallest absolute Gasteiger partial charge is 0.270 e. The molecule has 2 aromatic heterocycles. The molecular formula is C23H20FN5O4. The summed E-state index contributed by atoms with van der Waals surface area (Å²) in [5.74, 6) is 3.61. The van der Waals surface area contributed by atoms with E-state index in [1.54, 1.807) is 18.2 Å². The van der Waals surface area contributed by atoms with Gasteiger partial charge in [-0.2, -0.15) is 0 Å². The Balaban J connectivity index is 1.86. The Morgan fingerprint density at radius 1 is 1.36 bits per heavy atom. The van der Waals surface area contributed by atoms with Crippen molar-refractivity contribution < 1.29 is 23.8 Å². The van der Waals surface area contributed by atoms with Crippen molar-refractivity contribution in [1.29, 1.82) is 0 Å². The second-order valence-electron chi connectivity index (χ2n) is 7.44. The van der Waals surface area contributed by atoms with Crippen molar-refractivity contribution in [3.63, 3.8) is 0 Å². The Kier molecular flexibility index (Phi) is 5.57. The number of amides is 2. The van der Waals surface area contributed by atoms with Gasteiger partial charge in [0.15, 0.2) is 11.3 Å². The highest BCUT2D eigenvalue weighted by Gasteiger charge is 2.30. The van der Waals surface area contributed by atoms with Gasteiger partial charge in [0.2, 0.25) is 0 Å². The molecule has 4 N–H and O–H groups in total. The normalized spacial score (nSPS) is 13.8. The van der Waals surface area contributed by atoms with Crippen LogP contribution in [-0.2, 0) is 12.1 Å². The first-order chi connectivity index (χ1) is 15.7. The number of fused-ring (bicyclic) bond motifs is 3. The fraction of sp³-hybridized carbons (Fsp3) is 0.217. The van der Waals surface area contributed by atoms with Gasteiger partial charge in [0.25, 0.3) is 11.8 Å². The lowest BCUT2D eigenvalue weighted by atomic mass is 10.0. The maximum absolute atomic E-state index is 14.8. The van der Waals surface area contributed by atoms with Crippen molar-refractivity contribution in [3.8, 4) is 29.0 Å². The van der Waals surface area contributed by atoms with Gasteiger partial charge < -0.3 is 25.5 Å². The lowest BCUT2D eigenvalue weighted by molar-refractivity contribution is 0.0933. The minimum Gasteiger partial charge on any atom is -0.491 e. The summed E-state index contributed by atoms with van der Waals surface area (Å²) in [6.45, 7) is 1.75. The van der Waals surface area contributed by atoms with Crippen molar-refractivity contribution in [1.82, 2.24) is 19.9 Å². The first kappa shape index (κ1) is 22.0. The number of imidazole rings is 1. The van der Waals surface area contributed by atoms with E-state index in [9.17, 15) is 19.1 Å². The number of rotatable bonds is 3. The molecule has 0 saturated heterocycles. The maximum Gasteiger partial charge on any atom is 0.270 e. The molecule has 1 aliphatic heterocycles. The van der Waals surface area contributed by atoms with E-state index in [4.69, 9.17) is 10.5 Å². The average molecular weight is 449 g/mol. The summed E-state index contributed by atoms with van der Waals surface area (Å²) in [5, 5.41) is 13.1. The molecule has 1 atom stereocenters. The number of carbonyl (C=O) groups excluding carboxylic acids is 2. The Hall–Kier alpha value is -4.23. The minimum absolute atomic E-state index is 0.00788. The zero-order valence-corrected chi connectivity index (χ0v) is 17.8. The van der Waals surface area contributed by atoms with Crippen molar-refractivity contribution in [2.24, 2.45) is 5.73 Å². The Morgan fingerprint density at radius 2 is 2.15 bits per heavy atom. The molecule has 4 rings (SSSR count). The van der Waals surface area contributed by atoms with E-state index in [-0.39, 0.29) is 41.7 Å². The Morgan fingerprint density at radius 3 is 2.82 bits per heavy atom. The van der Waals surface area contributed by atoms with Gasteiger partial charge >= 0.3 is 0 Å². The van der Waals surface area contributed by atoms with Crippen LogP contribution in [0.2, 0.25) is 0 Å². The van der Waals surface area contributed by atoms with Gasteiger partial charge in [0.1, 0.15) is 29.7 Å². The molecule has 168 valence electrons. The lowest BCUT2D eigenvalue weighted by Gasteiger charge is -2.15. The number of aromatic nitrogens is 3. The van der Waals surface area contributed by atoms with Crippen LogP contribution in [0.5, 0.6) is 5.75 Å². The van der Waals surface area contributed by atoms with Gasteiger partial charge in [-0.15, -0.1) is 0 Å². The predicted octanol–water partition coefficient (Wildman–Crippen LogP) is 1.19. The quantitative estimate of drug-likeness (QED) is 0.515. The molecule has 3 heterocycles. The van der Waals surface area contributed by atoms with Crippen molar-refractivity contribution >= 4 is 11.8 Å². The van der Waals surface area contributed by atoms with Crippen LogP contribution in [-0.4, -0.2) is 45.1 Å². The maximum atomic E-state index is 14.8. The molecule has 0 aliphatic carbocycles. The van der Waals surface area contributed by atoms with Crippen LogP contribution >= 0.6 is 0 Å². The molecule has 3 aromatic rings. The van der Waals surface area contributed by atoms with Crippen molar-refractivity contribution in [3.05, 3.63) is 65.0 Å². The molecule has 0 fully saturated rings. The van der Waals surface area contributed by atoms with Crippen LogP contribution in [0, 0.1) is 17.7 Å². The number of ether oxygens (including phenoxy) is 1. The zero-order valence-electron chi connectivity index (χ0n) is 17.8. The van der Waals surface area contributed by atoms with Gasteiger partial charge in [-0.1, -0.05) is 17.9 Å². The monoisotopic (exact) mass is 449 g/mol. The van der Waals surface area contributed by atoms with E-state index in [1.807, 2.05) is 0 Å². The number of hydrogen-bond acceptors (Lipinski definition) is 6. The van der Waals surface area contributed by atoms with Gasteiger partial charge in [0, 0.05) is 19.3 Å². The second-order valence-corrected chi connectivity index (χ2v) is 7.44. The summed E-state index contributed by atoms with van der Waals surface area (Å²) in [5.41, 5.74) is 4.21. The molecule has 0 unspecified atom stereocenters. The largest absolute Gasteiger partial charge is 0.491 e. The summed E-state index contributed by atoms with van der Waals surface area (Å²) in [4.78, 5) is 32.7. The summed E-state index contributed by atoms with van der Waals surface area (Å²) in [7, 11) is 1.42. The third-order valence-electron chi connectivity index (χ3n) is 5.13. The third kappa shape index (κ3) is 4.02. The van der Waals surface area contributed by atoms with Gasteiger partial charge in [-0.05, 0) is 25.1 Å². The fourth-order valence-corrected chi connectivity index (χ4v) is 3.49.